The molecule has 23 heavy (non-hydrogen) atoms. The average molecular weight is 367 g/mol. The Balaban J connectivity index is 0.00000484. The van der Waals surface area contributed by atoms with Crippen LogP contribution in [-0.2, 0) is 14.6 Å². The van der Waals surface area contributed by atoms with Crippen LogP contribution in [0.25, 0.3) is 0 Å². The zero-order valence-corrected chi connectivity index (χ0v) is 15.0. The highest BCUT2D eigenvalue weighted by atomic mass is 35.5. The van der Waals surface area contributed by atoms with Gasteiger partial charge in [-0.25, -0.2) is 8.42 Å². The topological polar surface area (TPSA) is 108 Å². The van der Waals surface area contributed by atoms with E-state index in [1.807, 2.05) is 0 Å². The van der Waals surface area contributed by atoms with Crippen molar-refractivity contribution in [2.75, 3.05) is 26.5 Å². The van der Waals surface area contributed by atoms with Crippen LogP contribution in [0.5, 0.6) is 11.5 Å². The molecule has 0 aliphatic heterocycles. The minimum absolute atomic E-state index is 0. The van der Waals surface area contributed by atoms with E-state index in [1.165, 1.54) is 32.4 Å². The number of sulfone groups is 1. The molecule has 1 atom stereocenters. The molecule has 0 aromatic heterocycles. The Morgan fingerprint density at radius 1 is 1.26 bits per heavy atom. The van der Waals surface area contributed by atoms with E-state index in [-0.39, 0.29) is 41.4 Å². The number of hydrogen-bond donors (Lipinski definition) is 2. The molecule has 0 heterocycles. The summed E-state index contributed by atoms with van der Waals surface area (Å²) in [6.45, 7) is 2.05. The Morgan fingerprint density at radius 2 is 1.87 bits per heavy atom. The molecule has 1 aromatic rings. The van der Waals surface area contributed by atoms with Gasteiger partial charge in [0.1, 0.15) is 0 Å². The quantitative estimate of drug-likeness (QED) is 0.703. The molecule has 1 amide bonds. The third-order valence-electron chi connectivity index (χ3n) is 3.07. The van der Waals surface area contributed by atoms with E-state index in [4.69, 9.17) is 15.2 Å². The third kappa shape index (κ3) is 6.25. The Hall–Kier alpha value is -1.51. The zero-order valence-electron chi connectivity index (χ0n) is 13.4. The van der Waals surface area contributed by atoms with Crippen molar-refractivity contribution < 1.29 is 22.7 Å². The molecule has 0 saturated carbocycles. The van der Waals surface area contributed by atoms with Crippen LogP contribution in [-0.4, -0.2) is 46.9 Å². The summed E-state index contributed by atoms with van der Waals surface area (Å²) < 4.78 is 34.7. The molecule has 132 valence electrons. The van der Waals surface area contributed by atoms with Crippen LogP contribution in [0.4, 0.5) is 0 Å². The van der Waals surface area contributed by atoms with Crippen LogP contribution in [0.3, 0.4) is 0 Å². The number of nitrogens with two attached hydrogens (primary N) is 1. The molecule has 0 aliphatic carbocycles. The molecule has 0 unspecified atom stereocenters. The lowest BCUT2D eigenvalue weighted by Crippen LogP contribution is -2.38. The largest absolute Gasteiger partial charge is 0.493 e. The minimum Gasteiger partial charge on any atom is -0.493 e. The monoisotopic (exact) mass is 366 g/mol. The molecular weight excluding hydrogens is 344 g/mol. The number of ether oxygens (including phenoxy) is 2. The van der Waals surface area contributed by atoms with Crippen molar-refractivity contribution >= 4 is 28.2 Å². The van der Waals surface area contributed by atoms with Crippen molar-refractivity contribution in [1.82, 2.24) is 5.32 Å². The van der Waals surface area contributed by atoms with Gasteiger partial charge < -0.3 is 20.5 Å². The predicted molar refractivity (Wildman–Crippen MR) is 90.1 cm³/mol. The van der Waals surface area contributed by atoms with Crippen LogP contribution in [0, 0.1) is 0 Å². The molecule has 9 heteroatoms. The second-order valence-electron chi connectivity index (χ2n) is 4.79. The standard InChI is InChI=1S/C14H22N2O5S.ClH/c1-10(9-15)16-14(17)6-7-22(18,19)11-4-5-12(20-2)13(8-11)21-3;/h4-5,8,10H,6-7,9,15H2,1-3H3,(H,16,17);1H/t10-;/m0./s1. The first-order valence-electron chi connectivity index (χ1n) is 6.78. The molecule has 0 fully saturated rings. The van der Waals surface area contributed by atoms with Gasteiger partial charge in [0.15, 0.2) is 21.3 Å². The van der Waals surface area contributed by atoms with Crippen molar-refractivity contribution in [3.8, 4) is 11.5 Å². The van der Waals surface area contributed by atoms with Crippen LogP contribution in [0.2, 0.25) is 0 Å². The van der Waals surface area contributed by atoms with Crippen LogP contribution < -0.4 is 20.5 Å². The molecule has 0 saturated heterocycles. The average Bonchev–Trinajstić information content (AvgIpc) is 2.52. The first-order valence-corrected chi connectivity index (χ1v) is 8.43. The van der Waals surface area contributed by atoms with Gasteiger partial charge in [-0.2, -0.15) is 0 Å². The van der Waals surface area contributed by atoms with Gasteiger partial charge in [-0.15, -0.1) is 12.4 Å². The summed E-state index contributed by atoms with van der Waals surface area (Å²) in [6.07, 6.45) is -0.124. The predicted octanol–water partition coefficient (Wildman–Crippen LogP) is 0.753. The summed E-state index contributed by atoms with van der Waals surface area (Å²) in [4.78, 5) is 11.7. The number of carbonyl (C=O) groups is 1. The summed E-state index contributed by atoms with van der Waals surface area (Å²) in [5.41, 5.74) is 5.39. The van der Waals surface area contributed by atoms with Gasteiger partial charge >= 0.3 is 0 Å². The van der Waals surface area contributed by atoms with Gasteiger partial charge in [-0.1, -0.05) is 0 Å². The van der Waals surface area contributed by atoms with Crippen molar-refractivity contribution in [1.29, 1.82) is 0 Å². The molecule has 3 N–H and O–H groups in total. The van der Waals surface area contributed by atoms with Gasteiger partial charge in [0, 0.05) is 25.1 Å². The molecular formula is C14H23ClN2O5S. The number of carbonyl (C=O) groups excluding carboxylic acids is 1. The van der Waals surface area contributed by atoms with Crippen LogP contribution >= 0.6 is 12.4 Å². The summed E-state index contributed by atoms with van der Waals surface area (Å²) in [5.74, 6) is 0.133. The minimum atomic E-state index is -3.58. The second kappa shape index (κ2) is 9.59. The number of hydrogen-bond acceptors (Lipinski definition) is 6. The Morgan fingerprint density at radius 3 is 2.39 bits per heavy atom. The molecule has 0 aliphatic rings. The highest BCUT2D eigenvalue weighted by Crippen LogP contribution is 2.29. The molecule has 7 nitrogen and oxygen atoms in total. The van der Waals surface area contributed by atoms with Crippen molar-refractivity contribution in [2.45, 2.75) is 24.3 Å². The fourth-order valence-electron chi connectivity index (χ4n) is 1.76. The number of halogens is 1. The van der Waals surface area contributed by atoms with Gasteiger partial charge in [-0.3, -0.25) is 4.79 Å². The van der Waals surface area contributed by atoms with E-state index in [9.17, 15) is 13.2 Å². The normalized spacial score (nSPS) is 12.0. The zero-order chi connectivity index (χ0) is 16.8. The Bertz CT molecular complexity index is 622. The maximum atomic E-state index is 12.3. The number of amides is 1. The van der Waals surface area contributed by atoms with Gasteiger partial charge in [0.25, 0.3) is 0 Å². The highest BCUT2D eigenvalue weighted by molar-refractivity contribution is 7.91. The van der Waals surface area contributed by atoms with Crippen molar-refractivity contribution in [3.63, 3.8) is 0 Å². The summed E-state index contributed by atoms with van der Waals surface area (Å²) in [6, 6.07) is 4.14. The summed E-state index contributed by atoms with van der Waals surface area (Å²) >= 11 is 0. The molecule has 1 rings (SSSR count). The lowest BCUT2D eigenvalue weighted by atomic mass is 10.3. The molecule has 0 bridgehead atoms. The van der Waals surface area contributed by atoms with Gasteiger partial charge in [0.05, 0.1) is 24.9 Å². The number of methoxy groups -OCH3 is 2. The summed E-state index contributed by atoms with van der Waals surface area (Å²) in [5, 5.41) is 2.62. The van der Waals surface area contributed by atoms with Crippen LogP contribution in [0.1, 0.15) is 13.3 Å². The highest BCUT2D eigenvalue weighted by Gasteiger charge is 2.19. The first-order chi connectivity index (χ1) is 10.3. The van der Waals surface area contributed by atoms with Gasteiger partial charge in [0.2, 0.25) is 5.91 Å². The molecule has 1 aromatic carbocycles. The molecule has 0 spiro atoms. The second-order valence-corrected chi connectivity index (χ2v) is 6.90. The fraction of sp³-hybridized carbons (Fsp3) is 0.500. The lowest BCUT2D eigenvalue weighted by Gasteiger charge is -2.12. The van der Waals surface area contributed by atoms with Gasteiger partial charge in [-0.05, 0) is 19.1 Å². The molecule has 0 radical (unpaired) electrons. The van der Waals surface area contributed by atoms with E-state index < -0.39 is 9.84 Å². The van der Waals surface area contributed by atoms with Crippen molar-refractivity contribution in [3.05, 3.63) is 18.2 Å². The number of nitrogens with one attached hydrogen (secondary N) is 1. The van der Waals surface area contributed by atoms with Crippen LogP contribution in [0.15, 0.2) is 23.1 Å². The smallest absolute Gasteiger partial charge is 0.221 e. The van der Waals surface area contributed by atoms with E-state index >= 15 is 0 Å². The SMILES string of the molecule is COc1ccc(S(=O)(=O)CCC(=O)N[C@@H](C)CN)cc1OC.Cl. The number of benzene rings is 1. The van der Waals surface area contributed by atoms with Crippen molar-refractivity contribution in [2.24, 2.45) is 5.73 Å². The van der Waals surface area contributed by atoms with E-state index in [1.54, 1.807) is 6.92 Å². The van der Waals surface area contributed by atoms with E-state index in [0.29, 0.717) is 18.0 Å². The fourth-order valence-corrected chi connectivity index (χ4v) is 3.01. The Kier molecular flexibility index (Phi) is 8.96. The van der Waals surface area contributed by atoms with E-state index in [2.05, 4.69) is 5.32 Å². The number of rotatable bonds is 8. The first kappa shape index (κ1) is 21.5. The summed E-state index contributed by atoms with van der Waals surface area (Å²) in [7, 11) is -0.689. The third-order valence-corrected chi connectivity index (χ3v) is 4.79. The maximum absolute atomic E-state index is 12.3. The van der Waals surface area contributed by atoms with E-state index in [0.717, 1.165) is 0 Å². The maximum Gasteiger partial charge on any atom is 0.221 e. The lowest BCUT2D eigenvalue weighted by molar-refractivity contribution is -0.121. The Labute approximate surface area is 142 Å².